The van der Waals surface area contributed by atoms with E-state index in [1.54, 1.807) is 0 Å². The van der Waals surface area contributed by atoms with E-state index >= 15 is 0 Å². The van der Waals surface area contributed by atoms with Crippen molar-refractivity contribution in [3.63, 3.8) is 0 Å². The summed E-state index contributed by atoms with van der Waals surface area (Å²) in [6.45, 7) is 0.850. The summed E-state index contributed by atoms with van der Waals surface area (Å²) >= 11 is 11.3. The van der Waals surface area contributed by atoms with Gasteiger partial charge in [-0.2, -0.15) is 18.2 Å². The fraction of sp³-hybridized carbons (Fsp3) is 0.250. The van der Waals surface area contributed by atoms with Gasteiger partial charge < -0.3 is 14.2 Å². The molecule has 0 N–H and O–H groups in total. The Bertz CT molecular complexity index is 987. The lowest BCUT2D eigenvalue weighted by Crippen LogP contribution is -2.15. The Labute approximate surface area is 175 Å². The largest absolute Gasteiger partial charge is 0.463 e. The third kappa shape index (κ3) is 5.39. The number of benzene rings is 1. The highest BCUT2D eigenvalue weighted by Crippen LogP contribution is 2.44. The number of rotatable bonds is 7. The van der Waals surface area contributed by atoms with Gasteiger partial charge in [0, 0.05) is 12.1 Å². The Kier molecular flexibility index (Phi) is 7.26. The number of carbonyl (C=O) groups excluding carboxylic acids is 1. The molecule has 0 bridgehead atoms. The smallest absolute Gasteiger partial charge is 0.419 e. The second-order valence-electron chi connectivity index (χ2n) is 5.29. The number of carbonyl (C=O) groups is 1. The summed E-state index contributed by atoms with van der Waals surface area (Å²) in [5, 5.41) is 9.30. The normalized spacial score (nSPS) is 11.2. The van der Waals surface area contributed by atoms with Crippen LogP contribution in [0.5, 0.6) is 17.5 Å². The Morgan fingerprint density at radius 3 is 2.53 bits per heavy atom. The van der Waals surface area contributed by atoms with E-state index in [4.69, 9.17) is 32.7 Å². The van der Waals surface area contributed by atoms with E-state index in [0.29, 0.717) is 0 Å². The van der Waals surface area contributed by atoms with E-state index in [0.717, 1.165) is 12.1 Å². The van der Waals surface area contributed by atoms with E-state index in [1.807, 2.05) is 0 Å². The molecule has 8 nitrogen and oxygen atoms in total. The van der Waals surface area contributed by atoms with Gasteiger partial charge >= 0.3 is 17.8 Å². The van der Waals surface area contributed by atoms with Crippen LogP contribution in [0.25, 0.3) is 0 Å². The van der Waals surface area contributed by atoms with Crippen LogP contribution < -0.4 is 9.47 Å². The lowest BCUT2D eigenvalue weighted by atomic mass is 10.2. The molecule has 0 spiro atoms. The molecule has 0 radical (unpaired) electrons. The molecule has 0 saturated carbocycles. The van der Waals surface area contributed by atoms with Crippen LogP contribution in [0.15, 0.2) is 18.2 Å². The molecule has 2 rings (SSSR count). The summed E-state index contributed by atoms with van der Waals surface area (Å²) in [7, 11) is 0. The number of nitrogens with zero attached hydrogens (tertiary/aromatic N) is 2. The first kappa shape index (κ1) is 23.4. The van der Waals surface area contributed by atoms with Crippen LogP contribution in [0.1, 0.15) is 12.5 Å². The first-order valence-electron chi connectivity index (χ1n) is 7.82. The minimum atomic E-state index is -5.06. The molecule has 0 aliphatic carbocycles. The van der Waals surface area contributed by atoms with Crippen molar-refractivity contribution in [3.05, 3.63) is 49.7 Å². The standard InChI is InChI=1S/C16H10Cl2F4N2O6/c1-2-28-11(25)6-29-15-9(24(26)27)3-4-10(23-15)30-14-8(17)5-7(16(20,21)22)13(19)12(14)18/h3-5H,2,6H2,1H3. The van der Waals surface area contributed by atoms with Crippen LogP contribution in [0.3, 0.4) is 0 Å². The van der Waals surface area contributed by atoms with Gasteiger partial charge in [-0.05, 0) is 13.0 Å². The highest BCUT2D eigenvalue weighted by Gasteiger charge is 2.37. The van der Waals surface area contributed by atoms with Crippen molar-refractivity contribution >= 4 is 34.9 Å². The SMILES string of the molecule is CCOC(=O)COc1nc(Oc2c(Cl)cc(C(F)(F)F)c(F)c2Cl)ccc1[N+](=O)[O-]. The molecule has 1 aromatic heterocycles. The van der Waals surface area contributed by atoms with E-state index in [2.05, 4.69) is 9.72 Å². The molecule has 0 aliphatic heterocycles. The topological polar surface area (TPSA) is 101 Å². The van der Waals surface area contributed by atoms with Crippen molar-refractivity contribution < 1.29 is 41.5 Å². The number of aromatic nitrogens is 1. The van der Waals surface area contributed by atoms with Gasteiger partial charge in [0.1, 0.15) is 5.02 Å². The van der Waals surface area contributed by atoms with Crippen LogP contribution in [-0.4, -0.2) is 29.1 Å². The predicted octanol–water partition coefficient (Wildman–Crippen LogP) is 5.19. The molecule has 0 amide bonds. The number of hydrogen-bond acceptors (Lipinski definition) is 7. The maximum Gasteiger partial charge on any atom is 0.419 e. The monoisotopic (exact) mass is 472 g/mol. The quantitative estimate of drug-likeness (QED) is 0.179. The molecular weight excluding hydrogens is 463 g/mol. The van der Waals surface area contributed by atoms with E-state index in [9.17, 15) is 32.5 Å². The molecule has 14 heteroatoms. The molecule has 30 heavy (non-hydrogen) atoms. The molecule has 0 saturated heterocycles. The van der Waals surface area contributed by atoms with Crippen molar-refractivity contribution in [2.75, 3.05) is 13.2 Å². The summed E-state index contributed by atoms with van der Waals surface area (Å²) in [5.41, 5.74) is -2.36. The number of ether oxygens (including phenoxy) is 3. The Morgan fingerprint density at radius 1 is 1.30 bits per heavy atom. The molecule has 0 atom stereocenters. The van der Waals surface area contributed by atoms with Gasteiger partial charge in [0.2, 0.25) is 5.88 Å². The molecule has 0 fully saturated rings. The van der Waals surface area contributed by atoms with Gasteiger partial charge in [-0.25, -0.2) is 9.18 Å². The minimum absolute atomic E-state index is 0.0390. The van der Waals surface area contributed by atoms with Crippen molar-refractivity contribution in [3.8, 4) is 17.5 Å². The van der Waals surface area contributed by atoms with Crippen molar-refractivity contribution in [1.29, 1.82) is 0 Å². The van der Waals surface area contributed by atoms with E-state index in [-0.39, 0.29) is 12.7 Å². The summed E-state index contributed by atoms with van der Waals surface area (Å²) in [5.74, 6) is -4.52. The van der Waals surface area contributed by atoms with Gasteiger partial charge in [0.25, 0.3) is 5.88 Å². The van der Waals surface area contributed by atoms with Crippen molar-refractivity contribution in [2.24, 2.45) is 0 Å². The van der Waals surface area contributed by atoms with Crippen LogP contribution in [-0.2, 0) is 15.7 Å². The number of halogens is 6. The van der Waals surface area contributed by atoms with Crippen LogP contribution in [0, 0.1) is 15.9 Å². The average Bonchev–Trinajstić information content (AvgIpc) is 2.65. The van der Waals surface area contributed by atoms with Gasteiger partial charge in [-0.3, -0.25) is 10.1 Å². The minimum Gasteiger partial charge on any atom is -0.463 e. The zero-order chi connectivity index (χ0) is 22.6. The van der Waals surface area contributed by atoms with E-state index in [1.165, 1.54) is 6.92 Å². The molecule has 1 aromatic carbocycles. The predicted molar refractivity (Wildman–Crippen MR) is 94.5 cm³/mol. The Balaban J connectivity index is 2.39. The third-order valence-corrected chi connectivity index (χ3v) is 3.89. The number of esters is 1. The molecule has 2 aromatic rings. The fourth-order valence-electron chi connectivity index (χ4n) is 2.03. The highest BCUT2D eigenvalue weighted by atomic mass is 35.5. The number of nitro groups is 1. The van der Waals surface area contributed by atoms with Gasteiger partial charge in [-0.15, -0.1) is 0 Å². The second-order valence-corrected chi connectivity index (χ2v) is 6.07. The molecular formula is C16H10Cl2F4N2O6. The second kappa shape index (κ2) is 9.30. The van der Waals surface area contributed by atoms with Gasteiger partial charge in [-0.1, -0.05) is 23.2 Å². The first-order chi connectivity index (χ1) is 14.0. The summed E-state index contributed by atoms with van der Waals surface area (Å²) in [6.07, 6.45) is -5.06. The Morgan fingerprint density at radius 2 is 1.97 bits per heavy atom. The van der Waals surface area contributed by atoms with Gasteiger partial charge in [0.05, 0.1) is 22.1 Å². The summed E-state index contributed by atoms with van der Waals surface area (Å²) in [6, 6.07) is 2.09. The third-order valence-electron chi connectivity index (χ3n) is 3.27. The number of pyridine rings is 1. The molecule has 162 valence electrons. The van der Waals surface area contributed by atoms with Crippen LogP contribution in [0.2, 0.25) is 10.0 Å². The van der Waals surface area contributed by atoms with Gasteiger partial charge in [0.15, 0.2) is 18.2 Å². The van der Waals surface area contributed by atoms with Crippen LogP contribution in [0.4, 0.5) is 23.2 Å². The Hall–Kier alpha value is -2.86. The zero-order valence-corrected chi connectivity index (χ0v) is 16.3. The maximum atomic E-state index is 14.0. The molecule has 1 heterocycles. The summed E-state index contributed by atoms with van der Waals surface area (Å²) in [4.78, 5) is 25.2. The zero-order valence-electron chi connectivity index (χ0n) is 14.8. The molecule has 0 unspecified atom stereocenters. The van der Waals surface area contributed by atoms with E-state index < -0.39 is 68.3 Å². The van der Waals surface area contributed by atoms with Crippen LogP contribution >= 0.6 is 23.2 Å². The highest BCUT2D eigenvalue weighted by molar-refractivity contribution is 6.37. The number of hydrogen-bond donors (Lipinski definition) is 0. The lowest BCUT2D eigenvalue weighted by molar-refractivity contribution is -0.386. The van der Waals surface area contributed by atoms with Crippen molar-refractivity contribution in [2.45, 2.75) is 13.1 Å². The maximum absolute atomic E-state index is 14.0. The lowest BCUT2D eigenvalue weighted by Gasteiger charge is -2.14. The average molecular weight is 473 g/mol. The number of alkyl halides is 3. The van der Waals surface area contributed by atoms with Crippen molar-refractivity contribution in [1.82, 2.24) is 4.98 Å². The molecule has 0 aliphatic rings. The fourth-order valence-corrected chi connectivity index (χ4v) is 2.56. The summed E-state index contributed by atoms with van der Waals surface area (Å²) < 4.78 is 67.1. The first-order valence-corrected chi connectivity index (χ1v) is 8.57.